The summed E-state index contributed by atoms with van der Waals surface area (Å²) in [5.41, 5.74) is 2.85. The molecule has 0 radical (unpaired) electrons. The molecule has 0 aromatic heterocycles. The van der Waals surface area contributed by atoms with Gasteiger partial charge in [-0.25, -0.2) is 4.39 Å². The van der Waals surface area contributed by atoms with Gasteiger partial charge in [0.2, 0.25) is 0 Å². The summed E-state index contributed by atoms with van der Waals surface area (Å²) in [4.78, 5) is 15.8. The van der Waals surface area contributed by atoms with Gasteiger partial charge in [-0.05, 0) is 74.2 Å². The van der Waals surface area contributed by atoms with Crippen molar-refractivity contribution in [1.82, 2.24) is 9.80 Å². The number of carbonyl (C=O) groups is 1. The molecule has 3 rings (SSSR count). The lowest BCUT2D eigenvalue weighted by atomic mass is 9.97. The van der Waals surface area contributed by atoms with Crippen molar-refractivity contribution in [2.75, 3.05) is 40.3 Å². The van der Waals surface area contributed by atoms with E-state index < -0.39 is 6.17 Å². The van der Waals surface area contributed by atoms with Gasteiger partial charge >= 0.3 is 0 Å². The molecule has 1 aliphatic heterocycles. The smallest absolute Gasteiger partial charge is 0.253 e. The van der Waals surface area contributed by atoms with Crippen molar-refractivity contribution in [3.05, 3.63) is 54.1 Å². The molecule has 0 N–H and O–H groups in total. The van der Waals surface area contributed by atoms with Crippen LogP contribution in [0.5, 0.6) is 5.75 Å². The van der Waals surface area contributed by atoms with Crippen molar-refractivity contribution in [1.29, 1.82) is 0 Å². The van der Waals surface area contributed by atoms with E-state index in [0.717, 1.165) is 42.8 Å². The maximum absolute atomic E-state index is 13.1. The maximum Gasteiger partial charge on any atom is 0.253 e. The molecule has 2 aromatic carbocycles. The molecule has 1 atom stereocenters. The van der Waals surface area contributed by atoms with Crippen LogP contribution in [0.1, 0.15) is 30.1 Å². The van der Waals surface area contributed by atoms with Crippen LogP contribution in [0.15, 0.2) is 48.5 Å². The first kappa shape index (κ1) is 21.3. The molecule has 29 heavy (non-hydrogen) atoms. The van der Waals surface area contributed by atoms with Crippen molar-refractivity contribution < 1.29 is 13.9 Å². The number of piperidine rings is 1. The average Bonchev–Trinajstić information content (AvgIpc) is 2.73. The second-order valence-corrected chi connectivity index (χ2v) is 8.14. The fraction of sp³-hybridized carbons (Fsp3) is 0.458. The molecule has 2 aromatic rings. The predicted octanol–water partition coefficient (Wildman–Crippen LogP) is 4.50. The van der Waals surface area contributed by atoms with Crippen LogP contribution in [0, 0.1) is 5.92 Å². The van der Waals surface area contributed by atoms with E-state index >= 15 is 0 Å². The normalized spacial score (nSPS) is 16.4. The van der Waals surface area contributed by atoms with Crippen molar-refractivity contribution in [3.63, 3.8) is 0 Å². The zero-order valence-electron chi connectivity index (χ0n) is 17.6. The number of nitrogens with zero attached hydrogens (tertiary/aromatic N) is 2. The fourth-order valence-corrected chi connectivity index (χ4v) is 3.71. The van der Waals surface area contributed by atoms with Gasteiger partial charge in [0.1, 0.15) is 11.9 Å². The summed E-state index contributed by atoms with van der Waals surface area (Å²) in [6, 6.07) is 15.7. The van der Waals surface area contributed by atoms with Gasteiger partial charge in [-0.1, -0.05) is 24.3 Å². The number of halogens is 1. The predicted molar refractivity (Wildman–Crippen MR) is 115 cm³/mol. The molecule has 1 fully saturated rings. The van der Waals surface area contributed by atoms with Crippen LogP contribution in [0.4, 0.5) is 4.39 Å². The van der Waals surface area contributed by atoms with Gasteiger partial charge in [-0.3, -0.25) is 4.79 Å². The van der Waals surface area contributed by atoms with Crippen LogP contribution in [-0.4, -0.2) is 62.2 Å². The summed E-state index contributed by atoms with van der Waals surface area (Å²) < 4.78 is 19.1. The van der Waals surface area contributed by atoms with E-state index in [0.29, 0.717) is 24.6 Å². The molecule has 0 saturated carbocycles. The number of amides is 1. The summed E-state index contributed by atoms with van der Waals surface area (Å²) in [6.45, 7) is 4.77. The molecule has 1 amide bonds. The fourth-order valence-electron chi connectivity index (χ4n) is 3.71. The highest BCUT2D eigenvalue weighted by Crippen LogP contribution is 2.24. The lowest BCUT2D eigenvalue weighted by molar-refractivity contribution is 0.0827. The minimum Gasteiger partial charge on any atom is -0.493 e. The number of ether oxygens (including phenoxy) is 1. The van der Waals surface area contributed by atoms with E-state index in [4.69, 9.17) is 4.74 Å². The molecule has 0 aliphatic carbocycles. The van der Waals surface area contributed by atoms with Gasteiger partial charge < -0.3 is 14.5 Å². The van der Waals surface area contributed by atoms with E-state index in [1.807, 2.05) is 48.5 Å². The third-order valence-corrected chi connectivity index (χ3v) is 5.43. The standard InChI is InChI=1S/C24H31FN2O2/c1-18(25)16-27-14-12-19(13-15-27)17-29-23-10-8-21(9-11-23)20-4-6-22(7-5-20)24(28)26(2)3/h4-11,18-19H,12-17H2,1-3H3/t18-/m0/s1. The molecule has 5 heteroatoms. The van der Waals surface area contributed by atoms with Crippen LogP contribution in [-0.2, 0) is 0 Å². The zero-order valence-corrected chi connectivity index (χ0v) is 17.6. The topological polar surface area (TPSA) is 32.8 Å². The summed E-state index contributed by atoms with van der Waals surface area (Å²) in [5.74, 6) is 1.40. The Bertz CT molecular complexity index is 780. The molecule has 4 nitrogen and oxygen atoms in total. The van der Waals surface area contributed by atoms with E-state index in [9.17, 15) is 9.18 Å². The van der Waals surface area contributed by atoms with Crippen LogP contribution in [0.2, 0.25) is 0 Å². The van der Waals surface area contributed by atoms with Gasteiger partial charge in [0.25, 0.3) is 5.91 Å². The molecule has 1 aliphatic rings. The third kappa shape index (κ3) is 6.04. The lowest BCUT2D eigenvalue weighted by Gasteiger charge is -2.32. The van der Waals surface area contributed by atoms with E-state index in [1.165, 1.54) is 0 Å². The van der Waals surface area contributed by atoms with Gasteiger partial charge in [0, 0.05) is 26.2 Å². The van der Waals surface area contributed by atoms with Gasteiger partial charge in [0.15, 0.2) is 0 Å². The number of hydrogen-bond acceptors (Lipinski definition) is 3. The Kier molecular flexibility index (Phi) is 7.26. The molecular weight excluding hydrogens is 367 g/mol. The van der Waals surface area contributed by atoms with Crippen LogP contribution in [0.3, 0.4) is 0 Å². The number of alkyl halides is 1. The van der Waals surface area contributed by atoms with E-state index in [2.05, 4.69) is 4.90 Å². The van der Waals surface area contributed by atoms with E-state index in [1.54, 1.807) is 25.9 Å². The molecule has 156 valence electrons. The Hall–Kier alpha value is -2.40. The number of likely N-dealkylation sites (tertiary alicyclic amines) is 1. The molecular formula is C24H31FN2O2. The summed E-state index contributed by atoms with van der Waals surface area (Å²) >= 11 is 0. The van der Waals surface area contributed by atoms with Gasteiger partial charge in [-0.2, -0.15) is 0 Å². The summed E-state index contributed by atoms with van der Waals surface area (Å²) in [6.07, 6.45) is 1.36. The number of rotatable bonds is 7. The van der Waals surface area contributed by atoms with Crippen molar-refractivity contribution in [3.8, 4) is 16.9 Å². The van der Waals surface area contributed by atoms with Gasteiger partial charge in [-0.15, -0.1) is 0 Å². The number of carbonyl (C=O) groups excluding carboxylic acids is 1. The Morgan fingerprint density at radius 1 is 1.07 bits per heavy atom. The molecule has 0 unspecified atom stereocenters. The Morgan fingerprint density at radius 3 is 2.14 bits per heavy atom. The van der Waals surface area contributed by atoms with Crippen LogP contribution < -0.4 is 4.74 Å². The SMILES string of the molecule is C[C@H](F)CN1CCC(COc2ccc(-c3ccc(C(=O)N(C)C)cc3)cc2)CC1. The summed E-state index contributed by atoms with van der Waals surface area (Å²) in [7, 11) is 3.51. The van der Waals surface area contributed by atoms with Gasteiger partial charge in [0.05, 0.1) is 6.61 Å². The second-order valence-electron chi connectivity index (χ2n) is 8.14. The monoisotopic (exact) mass is 398 g/mol. The first-order valence-electron chi connectivity index (χ1n) is 10.3. The molecule has 1 saturated heterocycles. The van der Waals surface area contributed by atoms with E-state index in [-0.39, 0.29) is 5.91 Å². The minimum absolute atomic E-state index is 0.00494. The zero-order chi connectivity index (χ0) is 20.8. The highest BCUT2D eigenvalue weighted by Gasteiger charge is 2.20. The quantitative estimate of drug-likeness (QED) is 0.688. The van der Waals surface area contributed by atoms with Crippen LogP contribution in [0.25, 0.3) is 11.1 Å². The Balaban J connectivity index is 1.50. The second kappa shape index (κ2) is 9.88. The first-order chi connectivity index (χ1) is 13.9. The van der Waals surface area contributed by atoms with Crippen LogP contribution >= 0.6 is 0 Å². The highest BCUT2D eigenvalue weighted by molar-refractivity contribution is 5.94. The van der Waals surface area contributed by atoms with Crippen molar-refractivity contribution in [2.24, 2.45) is 5.92 Å². The summed E-state index contributed by atoms with van der Waals surface area (Å²) in [5, 5.41) is 0. The Labute approximate surface area is 173 Å². The third-order valence-electron chi connectivity index (χ3n) is 5.43. The minimum atomic E-state index is -0.758. The lowest BCUT2D eigenvalue weighted by Crippen LogP contribution is -2.38. The molecule has 0 bridgehead atoms. The molecule has 0 spiro atoms. The largest absolute Gasteiger partial charge is 0.493 e. The average molecular weight is 399 g/mol. The maximum atomic E-state index is 13.1. The molecule has 1 heterocycles. The first-order valence-corrected chi connectivity index (χ1v) is 10.3. The Morgan fingerprint density at radius 2 is 1.62 bits per heavy atom. The highest BCUT2D eigenvalue weighted by atomic mass is 19.1. The van der Waals surface area contributed by atoms with Crippen molar-refractivity contribution in [2.45, 2.75) is 25.9 Å². The number of benzene rings is 2. The van der Waals surface area contributed by atoms with Crippen molar-refractivity contribution >= 4 is 5.91 Å². The number of hydrogen-bond donors (Lipinski definition) is 0.